The molecule has 0 atom stereocenters. The molecule has 0 radical (unpaired) electrons. The second kappa shape index (κ2) is 8.66. The number of nitrogens with one attached hydrogen (secondary N) is 2. The van der Waals surface area contributed by atoms with Crippen molar-refractivity contribution >= 4 is 29.2 Å². The van der Waals surface area contributed by atoms with E-state index in [0.717, 1.165) is 0 Å². The first-order valence-electron chi connectivity index (χ1n) is 6.89. The molecule has 0 aliphatic rings. The van der Waals surface area contributed by atoms with Gasteiger partial charge in [0.15, 0.2) is 0 Å². The van der Waals surface area contributed by atoms with Crippen molar-refractivity contribution in [3.63, 3.8) is 0 Å². The predicted octanol–water partition coefficient (Wildman–Crippen LogP) is 2.24. The van der Waals surface area contributed by atoms with Crippen LogP contribution in [0.4, 0.5) is 11.4 Å². The van der Waals surface area contributed by atoms with E-state index in [1.807, 2.05) is 0 Å². The van der Waals surface area contributed by atoms with Crippen LogP contribution < -0.4 is 15.4 Å². The van der Waals surface area contributed by atoms with E-state index in [-0.39, 0.29) is 24.7 Å². The topological polar surface area (TPSA) is 105 Å². The first-order chi connectivity index (χ1) is 10.4. The van der Waals surface area contributed by atoms with Crippen LogP contribution in [0.25, 0.3) is 0 Å². The van der Waals surface area contributed by atoms with Crippen LogP contribution >= 0.6 is 0 Å². The van der Waals surface area contributed by atoms with Crippen molar-refractivity contribution in [1.29, 1.82) is 0 Å². The number of methoxy groups -OCH3 is 1. The zero-order chi connectivity index (χ0) is 16.5. The Morgan fingerprint density at radius 3 is 2.41 bits per heavy atom. The molecule has 0 unspecified atom stereocenters. The van der Waals surface area contributed by atoms with Crippen molar-refractivity contribution < 1.29 is 24.2 Å². The molecule has 22 heavy (non-hydrogen) atoms. The molecule has 7 heteroatoms. The van der Waals surface area contributed by atoms with E-state index < -0.39 is 5.97 Å². The quantitative estimate of drug-likeness (QED) is 0.639. The lowest BCUT2D eigenvalue weighted by molar-refractivity contribution is -0.137. The Kier molecular flexibility index (Phi) is 6.88. The summed E-state index contributed by atoms with van der Waals surface area (Å²) in [5.74, 6) is -0.828. The Morgan fingerprint density at radius 1 is 1.14 bits per heavy atom. The minimum atomic E-state index is -0.862. The standard InChI is InChI=1S/C15H20N2O5/c1-10(18)16-12-8-7-11(9-13(12)22-2)17-14(19)5-3-4-6-15(20)21/h7-9H,3-6H2,1-2H3,(H,16,18)(H,17,19)(H,20,21). The molecule has 0 saturated heterocycles. The van der Waals surface area contributed by atoms with Crippen molar-refractivity contribution in [3.05, 3.63) is 18.2 Å². The maximum absolute atomic E-state index is 11.8. The van der Waals surface area contributed by atoms with Gasteiger partial charge in [-0.2, -0.15) is 0 Å². The van der Waals surface area contributed by atoms with Gasteiger partial charge in [-0.15, -0.1) is 0 Å². The molecule has 120 valence electrons. The van der Waals surface area contributed by atoms with Crippen LogP contribution in [0.2, 0.25) is 0 Å². The SMILES string of the molecule is COc1cc(NC(=O)CCCCC(=O)O)ccc1NC(C)=O. The fraction of sp³-hybridized carbons (Fsp3) is 0.400. The smallest absolute Gasteiger partial charge is 0.303 e. The molecule has 1 aromatic rings. The van der Waals surface area contributed by atoms with E-state index >= 15 is 0 Å². The van der Waals surface area contributed by atoms with E-state index in [9.17, 15) is 14.4 Å². The molecule has 0 aliphatic heterocycles. The number of hydrogen-bond acceptors (Lipinski definition) is 4. The number of hydrogen-bond donors (Lipinski definition) is 3. The molecular formula is C15H20N2O5. The van der Waals surface area contributed by atoms with Crippen LogP contribution in [0.5, 0.6) is 5.75 Å². The van der Waals surface area contributed by atoms with Crippen LogP contribution in [-0.4, -0.2) is 30.0 Å². The van der Waals surface area contributed by atoms with Crippen molar-refractivity contribution in [2.75, 3.05) is 17.7 Å². The lowest BCUT2D eigenvalue weighted by atomic mass is 10.2. The second-order valence-electron chi connectivity index (χ2n) is 4.75. The van der Waals surface area contributed by atoms with Gasteiger partial charge in [-0.25, -0.2) is 0 Å². The van der Waals surface area contributed by atoms with E-state index in [1.54, 1.807) is 18.2 Å². The van der Waals surface area contributed by atoms with Crippen LogP contribution in [0, 0.1) is 0 Å². The number of carboxylic acids is 1. The van der Waals surface area contributed by atoms with E-state index in [0.29, 0.717) is 30.0 Å². The van der Waals surface area contributed by atoms with E-state index in [4.69, 9.17) is 9.84 Å². The first kappa shape index (κ1) is 17.5. The van der Waals surface area contributed by atoms with Gasteiger partial charge in [-0.1, -0.05) is 0 Å². The molecular weight excluding hydrogens is 288 g/mol. The van der Waals surface area contributed by atoms with Gasteiger partial charge in [0, 0.05) is 31.5 Å². The number of carbonyl (C=O) groups is 3. The number of amides is 2. The van der Waals surface area contributed by atoms with Crippen molar-refractivity contribution in [1.82, 2.24) is 0 Å². The minimum absolute atomic E-state index is 0.0620. The molecule has 0 fully saturated rings. The van der Waals surface area contributed by atoms with Gasteiger partial charge in [-0.05, 0) is 25.0 Å². The van der Waals surface area contributed by atoms with Crippen LogP contribution in [-0.2, 0) is 14.4 Å². The molecule has 3 N–H and O–H groups in total. The summed E-state index contributed by atoms with van der Waals surface area (Å²) >= 11 is 0. The van der Waals surface area contributed by atoms with Crippen LogP contribution in [0.15, 0.2) is 18.2 Å². The Bertz CT molecular complexity index is 557. The Hall–Kier alpha value is -2.57. The first-order valence-corrected chi connectivity index (χ1v) is 6.89. The summed E-state index contributed by atoms with van der Waals surface area (Å²) in [6, 6.07) is 4.91. The summed E-state index contributed by atoms with van der Waals surface area (Å²) < 4.78 is 5.16. The lowest BCUT2D eigenvalue weighted by Crippen LogP contribution is -2.12. The third kappa shape index (κ3) is 6.25. The summed E-state index contributed by atoms with van der Waals surface area (Å²) in [6.45, 7) is 1.40. The number of aliphatic carboxylic acids is 1. The van der Waals surface area contributed by atoms with Crippen molar-refractivity contribution in [2.45, 2.75) is 32.6 Å². The summed E-state index contributed by atoms with van der Waals surface area (Å²) in [6.07, 6.45) is 1.29. The number of unbranched alkanes of at least 4 members (excludes halogenated alkanes) is 1. The maximum Gasteiger partial charge on any atom is 0.303 e. The number of rotatable bonds is 8. The normalized spacial score (nSPS) is 9.91. The van der Waals surface area contributed by atoms with E-state index in [2.05, 4.69) is 10.6 Å². The molecule has 0 aromatic heterocycles. The number of ether oxygens (including phenoxy) is 1. The molecule has 0 aliphatic carbocycles. The average molecular weight is 308 g/mol. The summed E-state index contributed by atoms with van der Waals surface area (Å²) in [7, 11) is 1.47. The zero-order valence-electron chi connectivity index (χ0n) is 12.6. The maximum atomic E-state index is 11.8. The number of carboxylic acid groups (broad SMARTS) is 1. The monoisotopic (exact) mass is 308 g/mol. The molecule has 0 spiro atoms. The summed E-state index contributed by atoms with van der Waals surface area (Å²) in [4.78, 5) is 33.2. The van der Waals surface area contributed by atoms with Crippen LogP contribution in [0.3, 0.4) is 0 Å². The Morgan fingerprint density at radius 2 is 1.82 bits per heavy atom. The molecule has 0 bridgehead atoms. The van der Waals surface area contributed by atoms with Crippen molar-refractivity contribution in [2.24, 2.45) is 0 Å². The summed E-state index contributed by atoms with van der Waals surface area (Å²) in [5.41, 5.74) is 1.07. The number of carbonyl (C=O) groups excluding carboxylic acids is 2. The number of anilines is 2. The van der Waals surface area contributed by atoms with E-state index in [1.165, 1.54) is 14.0 Å². The predicted molar refractivity (Wildman–Crippen MR) is 82.0 cm³/mol. The third-order valence-corrected chi connectivity index (χ3v) is 2.84. The Labute approximate surface area is 128 Å². The minimum Gasteiger partial charge on any atom is -0.494 e. The highest BCUT2D eigenvalue weighted by Gasteiger charge is 2.08. The highest BCUT2D eigenvalue weighted by Crippen LogP contribution is 2.28. The van der Waals surface area contributed by atoms with Gasteiger partial charge in [-0.3, -0.25) is 14.4 Å². The lowest BCUT2D eigenvalue weighted by Gasteiger charge is -2.11. The van der Waals surface area contributed by atoms with Gasteiger partial charge in [0.05, 0.1) is 12.8 Å². The van der Waals surface area contributed by atoms with Crippen LogP contribution in [0.1, 0.15) is 32.6 Å². The van der Waals surface area contributed by atoms with Gasteiger partial charge in [0.1, 0.15) is 5.75 Å². The average Bonchev–Trinajstić information content (AvgIpc) is 2.44. The fourth-order valence-corrected chi connectivity index (χ4v) is 1.85. The molecule has 2 amide bonds. The molecule has 0 saturated carbocycles. The molecule has 1 rings (SSSR count). The fourth-order valence-electron chi connectivity index (χ4n) is 1.85. The Balaban J connectivity index is 2.56. The molecule has 0 heterocycles. The highest BCUT2D eigenvalue weighted by atomic mass is 16.5. The largest absolute Gasteiger partial charge is 0.494 e. The summed E-state index contributed by atoms with van der Waals surface area (Å²) in [5, 5.41) is 13.8. The van der Waals surface area contributed by atoms with Gasteiger partial charge >= 0.3 is 5.97 Å². The van der Waals surface area contributed by atoms with Crippen molar-refractivity contribution in [3.8, 4) is 5.75 Å². The number of benzene rings is 1. The van der Waals surface area contributed by atoms with Gasteiger partial charge < -0.3 is 20.5 Å². The van der Waals surface area contributed by atoms with Gasteiger partial charge in [0.25, 0.3) is 0 Å². The zero-order valence-corrected chi connectivity index (χ0v) is 12.6. The molecule has 7 nitrogen and oxygen atoms in total. The third-order valence-electron chi connectivity index (χ3n) is 2.84. The second-order valence-corrected chi connectivity index (χ2v) is 4.75. The van der Waals surface area contributed by atoms with Gasteiger partial charge in [0.2, 0.25) is 11.8 Å². The highest BCUT2D eigenvalue weighted by molar-refractivity contribution is 5.93. The molecule has 1 aromatic carbocycles.